The average Bonchev–Trinajstić information content (AvgIpc) is 2.92. The summed E-state index contributed by atoms with van der Waals surface area (Å²) in [4.78, 5) is 17.4. The van der Waals surface area contributed by atoms with Gasteiger partial charge in [0.1, 0.15) is 29.3 Å². The highest BCUT2D eigenvalue weighted by Gasteiger charge is 2.44. The Kier molecular flexibility index (Phi) is 4.89. The van der Waals surface area contributed by atoms with Gasteiger partial charge in [0.25, 0.3) is 0 Å². The molecule has 0 aliphatic carbocycles. The van der Waals surface area contributed by atoms with Crippen LogP contribution in [0.25, 0.3) is 0 Å². The molecule has 2 heterocycles. The molecule has 0 saturated heterocycles. The quantitative estimate of drug-likeness (QED) is 0.813. The van der Waals surface area contributed by atoms with Gasteiger partial charge in [-0.1, -0.05) is 30.3 Å². The topological polar surface area (TPSA) is 60.5 Å². The summed E-state index contributed by atoms with van der Waals surface area (Å²) in [6.45, 7) is 11.9. The number of nitrogens with zero attached hydrogens (tertiary/aromatic N) is 1. The third kappa shape index (κ3) is 4.07. The SMILES string of the molecule is Cc1nc2c(c(C)c1OCc1ccccc1)CC(C)(C(=O)OC(C)(C)C)N2. The van der Waals surface area contributed by atoms with Gasteiger partial charge in [0.2, 0.25) is 0 Å². The molecule has 2 aromatic rings. The first kappa shape index (κ1) is 19.2. The summed E-state index contributed by atoms with van der Waals surface area (Å²) in [5, 5.41) is 3.27. The van der Waals surface area contributed by atoms with Crippen molar-refractivity contribution in [1.82, 2.24) is 4.98 Å². The summed E-state index contributed by atoms with van der Waals surface area (Å²) in [5.74, 6) is 1.26. The maximum absolute atomic E-state index is 12.7. The van der Waals surface area contributed by atoms with Crippen molar-refractivity contribution in [2.45, 2.75) is 65.7 Å². The standard InChI is InChI=1S/C22H28N2O3/c1-14-17-12-22(6,20(25)27-21(3,4)5)24-19(17)23-15(2)18(14)26-13-16-10-8-7-9-11-16/h7-11H,12-13H2,1-6H3,(H,23,24). The van der Waals surface area contributed by atoms with E-state index in [-0.39, 0.29) is 5.97 Å². The van der Waals surface area contributed by atoms with E-state index in [9.17, 15) is 4.79 Å². The first-order valence-electron chi connectivity index (χ1n) is 9.27. The molecule has 144 valence electrons. The van der Waals surface area contributed by atoms with Crippen LogP contribution in [0.1, 0.15) is 50.1 Å². The van der Waals surface area contributed by atoms with Crippen molar-refractivity contribution in [3.8, 4) is 5.75 Å². The molecule has 0 saturated carbocycles. The Balaban J connectivity index is 1.83. The molecular formula is C22H28N2O3. The van der Waals surface area contributed by atoms with E-state index in [1.54, 1.807) is 0 Å². The van der Waals surface area contributed by atoms with E-state index < -0.39 is 11.1 Å². The zero-order valence-electron chi connectivity index (χ0n) is 17.0. The highest BCUT2D eigenvalue weighted by Crippen LogP contribution is 2.39. The van der Waals surface area contributed by atoms with E-state index in [2.05, 4.69) is 10.3 Å². The number of ether oxygens (including phenoxy) is 2. The fourth-order valence-corrected chi connectivity index (χ4v) is 3.31. The van der Waals surface area contributed by atoms with E-state index in [1.807, 2.05) is 71.9 Å². The van der Waals surface area contributed by atoms with Crippen molar-refractivity contribution >= 4 is 11.8 Å². The molecular weight excluding hydrogens is 340 g/mol. The Labute approximate surface area is 161 Å². The number of carbonyl (C=O) groups is 1. The number of pyridine rings is 1. The maximum Gasteiger partial charge on any atom is 0.332 e. The molecule has 0 amide bonds. The van der Waals surface area contributed by atoms with Crippen molar-refractivity contribution in [2.24, 2.45) is 0 Å². The molecule has 5 nitrogen and oxygen atoms in total. The normalized spacial score (nSPS) is 18.6. The fraction of sp³-hybridized carbons (Fsp3) is 0.455. The van der Waals surface area contributed by atoms with E-state index in [1.165, 1.54) is 0 Å². The number of esters is 1. The number of carbonyl (C=O) groups excluding carboxylic acids is 1. The average molecular weight is 368 g/mol. The molecule has 1 N–H and O–H groups in total. The van der Waals surface area contributed by atoms with E-state index in [0.717, 1.165) is 34.0 Å². The van der Waals surface area contributed by atoms with Crippen LogP contribution in [-0.4, -0.2) is 22.1 Å². The van der Waals surface area contributed by atoms with Gasteiger partial charge in [0.15, 0.2) is 0 Å². The van der Waals surface area contributed by atoms with Crippen LogP contribution in [0.5, 0.6) is 5.75 Å². The second kappa shape index (κ2) is 6.87. The predicted molar refractivity (Wildman–Crippen MR) is 106 cm³/mol. The van der Waals surface area contributed by atoms with E-state index >= 15 is 0 Å². The Bertz CT molecular complexity index is 856. The van der Waals surface area contributed by atoms with Crippen molar-refractivity contribution in [1.29, 1.82) is 0 Å². The van der Waals surface area contributed by atoms with Crippen molar-refractivity contribution < 1.29 is 14.3 Å². The van der Waals surface area contributed by atoms with Gasteiger partial charge in [-0.05, 0) is 52.7 Å². The summed E-state index contributed by atoms with van der Waals surface area (Å²) in [7, 11) is 0. The van der Waals surface area contributed by atoms with Gasteiger partial charge in [-0.15, -0.1) is 0 Å². The summed E-state index contributed by atoms with van der Waals surface area (Å²) >= 11 is 0. The molecule has 0 spiro atoms. The van der Waals surface area contributed by atoms with Gasteiger partial charge >= 0.3 is 5.97 Å². The second-order valence-electron chi connectivity index (χ2n) is 8.39. The molecule has 3 rings (SSSR count). The minimum absolute atomic E-state index is 0.267. The Hall–Kier alpha value is -2.56. The largest absolute Gasteiger partial charge is 0.487 e. The van der Waals surface area contributed by atoms with Crippen LogP contribution < -0.4 is 10.1 Å². The van der Waals surface area contributed by atoms with Crippen LogP contribution in [0.4, 0.5) is 5.82 Å². The zero-order valence-corrected chi connectivity index (χ0v) is 17.0. The molecule has 1 aromatic carbocycles. The number of fused-ring (bicyclic) bond motifs is 1. The number of anilines is 1. The van der Waals surface area contributed by atoms with Gasteiger partial charge in [0, 0.05) is 12.0 Å². The highest BCUT2D eigenvalue weighted by atomic mass is 16.6. The molecule has 0 bridgehead atoms. The lowest BCUT2D eigenvalue weighted by Gasteiger charge is -2.28. The Morgan fingerprint density at radius 2 is 1.89 bits per heavy atom. The number of aryl methyl sites for hydroxylation is 1. The number of rotatable bonds is 4. The van der Waals surface area contributed by atoms with Gasteiger partial charge in [0.05, 0.1) is 5.69 Å². The molecule has 1 atom stereocenters. The number of aromatic nitrogens is 1. The molecule has 1 aliphatic heterocycles. The molecule has 1 unspecified atom stereocenters. The van der Waals surface area contributed by atoms with Gasteiger partial charge in [-0.25, -0.2) is 9.78 Å². The van der Waals surface area contributed by atoms with Crippen LogP contribution in [0, 0.1) is 13.8 Å². The Morgan fingerprint density at radius 1 is 1.22 bits per heavy atom. The number of nitrogens with one attached hydrogen (secondary N) is 1. The first-order valence-corrected chi connectivity index (χ1v) is 9.27. The van der Waals surface area contributed by atoms with Crippen LogP contribution in [0.15, 0.2) is 30.3 Å². The monoisotopic (exact) mass is 368 g/mol. The van der Waals surface area contributed by atoms with Gasteiger partial charge < -0.3 is 14.8 Å². The zero-order chi connectivity index (χ0) is 19.8. The minimum atomic E-state index is -0.822. The summed E-state index contributed by atoms with van der Waals surface area (Å²) in [5.41, 5.74) is 2.60. The van der Waals surface area contributed by atoms with Crippen LogP contribution in [0.3, 0.4) is 0 Å². The smallest absolute Gasteiger partial charge is 0.332 e. The third-order valence-electron chi connectivity index (χ3n) is 4.69. The van der Waals surface area contributed by atoms with E-state index in [0.29, 0.717) is 13.0 Å². The second-order valence-corrected chi connectivity index (χ2v) is 8.39. The minimum Gasteiger partial charge on any atom is -0.487 e. The number of hydrogen-bond acceptors (Lipinski definition) is 5. The molecule has 0 fully saturated rings. The van der Waals surface area contributed by atoms with Crippen LogP contribution in [-0.2, 0) is 22.6 Å². The van der Waals surface area contributed by atoms with E-state index in [4.69, 9.17) is 9.47 Å². The number of hydrogen-bond donors (Lipinski definition) is 1. The summed E-state index contributed by atoms with van der Waals surface area (Å²) in [6, 6.07) is 10.0. The molecule has 1 aromatic heterocycles. The van der Waals surface area contributed by atoms with Crippen molar-refractivity contribution in [3.05, 3.63) is 52.7 Å². The molecule has 0 radical (unpaired) electrons. The predicted octanol–water partition coefficient (Wildman–Crippen LogP) is 4.35. The summed E-state index contributed by atoms with van der Waals surface area (Å²) in [6.07, 6.45) is 0.526. The molecule has 5 heteroatoms. The first-order chi connectivity index (χ1) is 12.6. The molecule has 1 aliphatic rings. The lowest BCUT2D eigenvalue weighted by atomic mass is 9.95. The highest BCUT2D eigenvalue weighted by molar-refractivity contribution is 5.87. The fourth-order valence-electron chi connectivity index (χ4n) is 3.31. The lowest BCUT2D eigenvalue weighted by molar-refractivity contribution is -0.159. The van der Waals surface area contributed by atoms with Gasteiger partial charge in [-0.2, -0.15) is 0 Å². The third-order valence-corrected chi connectivity index (χ3v) is 4.69. The summed E-state index contributed by atoms with van der Waals surface area (Å²) < 4.78 is 11.7. The van der Waals surface area contributed by atoms with Crippen LogP contribution in [0.2, 0.25) is 0 Å². The van der Waals surface area contributed by atoms with Crippen LogP contribution >= 0.6 is 0 Å². The number of benzene rings is 1. The van der Waals surface area contributed by atoms with Crippen molar-refractivity contribution in [2.75, 3.05) is 5.32 Å². The van der Waals surface area contributed by atoms with Gasteiger partial charge in [-0.3, -0.25) is 0 Å². The Morgan fingerprint density at radius 3 is 2.52 bits per heavy atom. The maximum atomic E-state index is 12.7. The van der Waals surface area contributed by atoms with Crippen molar-refractivity contribution in [3.63, 3.8) is 0 Å². The molecule has 27 heavy (non-hydrogen) atoms. The lowest BCUT2D eigenvalue weighted by Crippen LogP contribution is -2.46.